The van der Waals surface area contributed by atoms with Gasteiger partial charge in [0.2, 0.25) is 0 Å². The van der Waals surface area contributed by atoms with Gasteiger partial charge in [-0.05, 0) is 24.1 Å². The standard InChI is InChI=1S/C19H21N3O3/c1-22-12-21-15-8-9-16(17(18(15)22)19(23)24-2)25-11-14(20)10-13-6-4-3-5-7-13/h3-9,12,14H,10-11,20H2,1-2H3/t14-/m1/s1. The minimum Gasteiger partial charge on any atom is -0.491 e. The molecule has 1 heterocycles. The molecule has 3 rings (SSSR count). The van der Waals surface area contributed by atoms with Gasteiger partial charge in [0, 0.05) is 13.1 Å². The summed E-state index contributed by atoms with van der Waals surface area (Å²) in [4.78, 5) is 16.5. The number of nitrogens with two attached hydrogens (primary N) is 1. The van der Waals surface area contributed by atoms with Crippen molar-refractivity contribution >= 4 is 17.0 Å². The summed E-state index contributed by atoms with van der Waals surface area (Å²) in [5, 5.41) is 0. The van der Waals surface area contributed by atoms with E-state index in [1.807, 2.05) is 43.4 Å². The number of hydrogen-bond acceptors (Lipinski definition) is 5. The highest BCUT2D eigenvalue weighted by atomic mass is 16.5. The first kappa shape index (κ1) is 17.0. The molecule has 2 N–H and O–H groups in total. The number of aromatic nitrogens is 2. The van der Waals surface area contributed by atoms with Gasteiger partial charge in [-0.25, -0.2) is 9.78 Å². The molecule has 25 heavy (non-hydrogen) atoms. The number of hydrogen-bond donors (Lipinski definition) is 1. The second-order valence-electron chi connectivity index (χ2n) is 5.91. The molecule has 1 aromatic heterocycles. The summed E-state index contributed by atoms with van der Waals surface area (Å²) in [6, 6.07) is 13.4. The van der Waals surface area contributed by atoms with Crippen LogP contribution in [0, 0.1) is 0 Å². The van der Waals surface area contributed by atoms with Crippen molar-refractivity contribution in [3.05, 3.63) is 59.9 Å². The van der Waals surface area contributed by atoms with E-state index in [1.165, 1.54) is 7.11 Å². The number of carbonyl (C=O) groups is 1. The molecule has 0 fully saturated rings. The maximum absolute atomic E-state index is 12.3. The molecule has 1 atom stereocenters. The Labute approximate surface area is 146 Å². The van der Waals surface area contributed by atoms with Gasteiger partial charge in [-0.1, -0.05) is 30.3 Å². The van der Waals surface area contributed by atoms with Gasteiger partial charge in [0.1, 0.15) is 17.9 Å². The smallest absolute Gasteiger partial charge is 0.343 e. The van der Waals surface area contributed by atoms with Crippen molar-refractivity contribution in [2.45, 2.75) is 12.5 Å². The van der Waals surface area contributed by atoms with Crippen LogP contribution in [0.25, 0.3) is 11.0 Å². The Bertz CT molecular complexity index is 874. The lowest BCUT2D eigenvalue weighted by molar-refractivity contribution is 0.0597. The zero-order valence-electron chi connectivity index (χ0n) is 14.3. The molecular formula is C19H21N3O3. The number of imidazole rings is 1. The van der Waals surface area contributed by atoms with Crippen molar-refractivity contribution in [2.75, 3.05) is 13.7 Å². The molecule has 0 unspecified atom stereocenters. The topological polar surface area (TPSA) is 79.4 Å². The minimum atomic E-state index is -0.458. The van der Waals surface area contributed by atoms with Crippen molar-refractivity contribution in [3.63, 3.8) is 0 Å². The average molecular weight is 339 g/mol. The SMILES string of the molecule is COC(=O)c1c(OC[C@H](N)Cc2ccccc2)ccc2ncn(C)c12. The lowest BCUT2D eigenvalue weighted by Crippen LogP contribution is -2.30. The lowest BCUT2D eigenvalue weighted by atomic mass is 10.1. The van der Waals surface area contributed by atoms with Crippen LogP contribution in [0.1, 0.15) is 15.9 Å². The third kappa shape index (κ3) is 3.64. The Balaban J connectivity index is 1.81. The fourth-order valence-corrected chi connectivity index (χ4v) is 2.82. The van der Waals surface area contributed by atoms with Gasteiger partial charge >= 0.3 is 5.97 Å². The number of methoxy groups -OCH3 is 1. The molecule has 6 nitrogen and oxygen atoms in total. The molecule has 0 spiro atoms. The first-order chi connectivity index (χ1) is 12.1. The average Bonchev–Trinajstić information content (AvgIpc) is 3.01. The molecule has 130 valence electrons. The third-order valence-corrected chi connectivity index (χ3v) is 4.02. The zero-order chi connectivity index (χ0) is 17.8. The quantitative estimate of drug-likeness (QED) is 0.697. The maximum Gasteiger partial charge on any atom is 0.343 e. The summed E-state index contributed by atoms with van der Waals surface area (Å²) in [7, 11) is 3.18. The minimum absolute atomic E-state index is 0.185. The van der Waals surface area contributed by atoms with Crippen LogP contribution in [0.3, 0.4) is 0 Å². The zero-order valence-corrected chi connectivity index (χ0v) is 14.3. The molecule has 0 radical (unpaired) electrons. The number of nitrogens with zero attached hydrogens (tertiary/aromatic N) is 2. The van der Waals surface area contributed by atoms with Crippen LogP contribution in [0.5, 0.6) is 5.75 Å². The predicted molar refractivity (Wildman–Crippen MR) is 95.7 cm³/mol. The second kappa shape index (κ2) is 7.36. The second-order valence-corrected chi connectivity index (χ2v) is 5.91. The van der Waals surface area contributed by atoms with Gasteiger partial charge in [0.05, 0.1) is 24.5 Å². The fraction of sp³-hybridized carbons (Fsp3) is 0.263. The molecular weight excluding hydrogens is 318 g/mol. The Kier molecular flexibility index (Phi) is 5.00. The summed E-state index contributed by atoms with van der Waals surface area (Å²) in [5.74, 6) is -0.00714. The summed E-state index contributed by atoms with van der Waals surface area (Å²) < 4.78 is 12.6. The van der Waals surface area contributed by atoms with Gasteiger partial charge in [0.15, 0.2) is 0 Å². The molecule has 0 saturated carbocycles. The summed E-state index contributed by atoms with van der Waals surface area (Å²) in [5.41, 5.74) is 9.08. The highest BCUT2D eigenvalue weighted by Crippen LogP contribution is 2.28. The largest absolute Gasteiger partial charge is 0.491 e. The number of esters is 1. The van der Waals surface area contributed by atoms with Crippen LogP contribution in [0.2, 0.25) is 0 Å². The van der Waals surface area contributed by atoms with Crippen molar-refractivity contribution in [1.82, 2.24) is 9.55 Å². The van der Waals surface area contributed by atoms with Gasteiger partial charge in [0.25, 0.3) is 0 Å². The molecule has 3 aromatic rings. The van der Waals surface area contributed by atoms with Gasteiger partial charge in [-0.3, -0.25) is 0 Å². The first-order valence-electron chi connectivity index (χ1n) is 8.04. The molecule has 0 bridgehead atoms. The van der Waals surface area contributed by atoms with E-state index in [0.717, 1.165) is 5.56 Å². The summed E-state index contributed by atoms with van der Waals surface area (Å²) in [6.07, 6.45) is 2.35. The van der Waals surface area contributed by atoms with E-state index >= 15 is 0 Å². The van der Waals surface area contributed by atoms with Crippen LogP contribution in [-0.4, -0.2) is 35.3 Å². The molecule has 0 saturated heterocycles. The number of rotatable bonds is 6. The normalized spacial score (nSPS) is 12.1. The van der Waals surface area contributed by atoms with E-state index in [1.54, 1.807) is 17.0 Å². The van der Waals surface area contributed by atoms with E-state index in [9.17, 15) is 4.79 Å². The van der Waals surface area contributed by atoms with Crippen LogP contribution < -0.4 is 10.5 Å². The van der Waals surface area contributed by atoms with Crippen molar-refractivity contribution in [1.29, 1.82) is 0 Å². The number of benzene rings is 2. The van der Waals surface area contributed by atoms with Crippen LogP contribution in [-0.2, 0) is 18.2 Å². The van der Waals surface area contributed by atoms with Crippen LogP contribution in [0.15, 0.2) is 48.8 Å². The van der Waals surface area contributed by atoms with Crippen molar-refractivity contribution in [3.8, 4) is 5.75 Å². The number of aryl methyl sites for hydroxylation is 1. The molecule has 6 heteroatoms. The van der Waals surface area contributed by atoms with Crippen LogP contribution in [0.4, 0.5) is 0 Å². The summed E-state index contributed by atoms with van der Waals surface area (Å²) >= 11 is 0. The van der Waals surface area contributed by atoms with E-state index in [0.29, 0.717) is 35.4 Å². The number of carbonyl (C=O) groups excluding carboxylic acids is 1. The molecule has 0 amide bonds. The Hall–Kier alpha value is -2.86. The maximum atomic E-state index is 12.3. The molecule has 0 aliphatic heterocycles. The Morgan fingerprint density at radius 2 is 2.00 bits per heavy atom. The molecule has 2 aromatic carbocycles. The van der Waals surface area contributed by atoms with Crippen molar-refractivity contribution in [2.24, 2.45) is 12.8 Å². The van der Waals surface area contributed by atoms with E-state index < -0.39 is 5.97 Å². The Morgan fingerprint density at radius 1 is 1.24 bits per heavy atom. The van der Waals surface area contributed by atoms with Gasteiger partial charge in [-0.15, -0.1) is 0 Å². The predicted octanol–water partition coefficient (Wildman–Crippen LogP) is 2.31. The van der Waals surface area contributed by atoms with E-state index in [2.05, 4.69) is 4.98 Å². The highest BCUT2D eigenvalue weighted by molar-refractivity contribution is 6.04. The van der Waals surface area contributed by atoms with E-state index in [4.69, 9.17) is 15.2 Å². The monoisotopic (exact) mass is 339 g/mol. The van der Waals surface area contributed by atoms with Crippen molar-refractivity contribution < 1.29 is 14.3 Å². The van der Waals surface area contributed by atoms with Gasteiger partial charge < -0.3 is 19.8 Å². The first-order valence-corrected chi connectivity index (χ1v) is 8.04. The van der Waals surface area contributed by atoms with Crippen LogP contribution >= 0.6 is 0 Å². The number of fused-ring (bicyclic) bond motifs is 1. The Morgan fingerprint density at radius 3 is 2.72 bits per heavy atom. The third-order valence-electron chi connectivity index (χ3n) is 4.02. The molecule has 0 aliphatic carbocycles. The fourth-order valence-electron chi connectivity index (χ4n) is 2.82. The van der Waals surface area contributed by atoms with E-state index in [-0.39, 0.29) is 6.04 Å². The van der Waals surface area contributed by atoms with Gasteiger partial charge in [-0.2, -0.15) is 0 Å². The lowest BCUT2D eigenvalue weighted by Gasteiger charge is -2.16. The number of ether oxygens (including phenoxy) is 2. The highest BCUT2D eigenvalue weighted by Gasteiger charge is 2.21. The molecule has 0 aliphatic rings. The summed E-state index contributed by atoms with van der Waals surface area (Å²) in [6.45, 7) is 0.294.